The van der Waals surface area contributed by atoms with Gasteiger partial charge in [-0.1, -0.05) is 35.5 Å². The molecule has 6 nitrogen and oxygen atoms in total. The Kier molecular flexibility index (Phi) is 4.47. The zero-order chi connectivity index (χ0) is 14.5. The molecule has 0 aliphatic rings. The minimum atomic E-state index is -0.591. The van der Waals surface area contributed by atoms with Crippen LogP contribution < -0.4 is 5.32 Å². The van der Waals surface area contributed by atoms with Crippen molar-refractivity contribution in [3.05, 3.63) is 47.8 Å². The Morgan fingerprint density at radius 3 is 2.60 bits per heavy atom. The summed E-state index contributed by atoms with van der Waals surface area (Å²) in [6, 6.07) is 8.81. The Labute approximate surface area is 117 Å². The zero-order valence-electron chi connectivity index (χ0n) is 11.5. The fraction of sp³-hybridized carbons (Fsp3) is 0.357. The minimum Gasteiger partial charge on any atom is -0.390 e. The predicted octanol–water partition coefficient (Wildman–Crippen LogP) is 0.884. The number of benzene rings is 1. The molecule has 0 spiro atoms. The van der Waals surface area contributed by atoms with Gasteiger partial charge in [-0.3, -0.25) is 4.79 Å². The number of carbonyl (C=O) groups is 1. The molecule has 1 heterocycles. The number of aliphatic hydroxyl groups excluding tert-OH is 1. The minimum absolute atomic E-state index is 0.0366. The van der Waals surface area contributed by atoms with Gasteiger partial charge < -0.3 is 10.4 Å². The van der Waals surface area contributed by atoms with E-state index in [0.29, 0.717) is 5.69 Å². The van der Waals surface area contributed by atoms with Crippen LogP contribution >= 0.6 is 0 Å². The first-order valence-corrected chi connectivity index (χ1v) is 6.48. The summed E-state index contributed by atoms with van der Waals surface area (Å²) in [5.41, 5.74) is 1.25. The number of aromatic nitrogens is 3. The topological polar surface area (TPSA) is 80.0 Å². The first-order valence-electron chi connectivity index (χ1n) is 6.48. The average Bonchev–Trinajstić information content (AvgIpc) is 2.88. The zero-order valence-corrected chi connectivity index (χ0v) is 11.5. The first-order chi connectivity index (χ1) is 9.61. The van der Waals surface area contributed by atoms with Gasteiger partial charge in [-0.15, -0.1) is 5.10 Å². The molecule has 6 heteroatoms. The first kappa shape index (κ1) is 14.2. The molecule has 0 aliphatic heterocycles. The third kappa shape index (κ3) is 3.21. The van der Waals surface area contributed by atoms with Gasteiger partial charge in [-0.2, -0.15) is 0 Å². The van der Waals surface area contributed by atoms with Gasteiger partial charge in [0.2, 0.25) is 5.91 Å². The molecule has 1 aromatic heterocycles. The number of carbonyl (C=O) groups excluding carboxylic acids is 1. The Morgan fingerprint density at radius 2 is 2.05 bits per heavy atom. The number of rotatable bonds is 5. The van der Waals surface area contributed by atoms with Crippen LogP contribution in [0.5, 0.6) is 0 Å². The molecule has 20 heavy (non-hydrogen) atoms. The van der Waals surface area contributed by atoms with Crippen LogP contribution in [0.1, 0.15) is 31.1 Å². The van der Waals surface area contributed by atoms with Gasteiger partial charge in [0, 0.05) is 6.04 Å². The smallest absolute Gasteiger partial charge is 0.249 e. The van der Waals surface area contributed by atoms with Crippen molar-refractivity contribution in [2.75, 3.05) is 0 Å². The molecule has 2 aromatic rings. The van der Waals surface area contributed by atoms with E-state index in [1.807, 2.05) is 44.2 Å². The molecule has 0 bridgehead atoms. The van der Waals surface area contributed by atoms with Crippen LogP contribution in [0.25, 0.3) is 0 Å². The largest absolute Gasteiger partial charge is 0.390 e. The summed E-state index contributed by atoms with van der Waals surface area (Å²) < 4.78 is 1.47. The highest BCUT2D eigenvalue weighted by molar-refractivity contribution is 5.83. The van der Waals surface area contributed by atoms with Gasteiger partial charge in [0.1, 0.15) is 5.69 Å². The van der Waals surface area contributed by atoms with Gasteiger partial charge in [0.25, 0.3) is 0 Å². The highest BCUT2D eigenvalue weighted by atomic mass is 16.3. The van der Waals surface area contributed by atoms with Gasteiger partial charge in [0.15, 0.2) is 6.04 Å². The summed E-state index contributed by atoms with van der Waals surface area (Å²) in [4.78, 5) is 12.4. The second-order valence-electron chi connectivity index (χ2n) is 4.82. The van der Waals surface area contributed by atoms with Gasteiger partial charge in [0.05, 0.1) is 12.8 Å². The summed E-state index contributed by atoms with van der Waals surface area (Å²) in [5.74, 6) is -0.152. The lowest BCUT2D eigenvalue weighted by atomic mass is 10.1. The molecule has 1 aromatic carbocycles. The van der Waals surface area contributed by atoms with E-state index in [-0.39, 0.29) is 18.6 Å². The monoisotopic (exact) mass is 274 g/mol. The number of aliphatic hydroxyl groups is 1. The highest BCUT2D eigenvalue weighted by Gasteiger charge is 2.24. The highest BCUT2D eigenvalue weighted by Crippen LogP contribution is 2.18. The molecular weight excluding hydrogens is 256 g/mol. The van der Waals surface area contributed by atoms with E-state index >= 15 is 0 Å². The van der Waals surface area contributed by atoms with Gasteiger partial charge in [-0.25, -0.2) is 4.68 Å². The van der Waals surface area contributed by atoms with E-state index in [1.165, 1.54) is 4.68 Å². The Balaban J connectivity index is 2.36. The fourth-order valence-corrected chi connectivity index (χ4v) is 1.94. The van der Waals surface area contributed by atoms with Crippen LogP contribution in [-0.4, -0.2) is 32.0 Å². The predicted molar refractivity (Wildman–Crippen MR) is 73.8 cm³/mol. The SMILES string of the molecule is CC(C)NC(=O)C(c1ccccc1)n1cc(CO)nn1. The maximum Gasteiger partial charge on any atom is 0.249 e. The van der Waals surface area contributed by atoms with Crippen molar-refractivity contribution in [3.8, 4) is 0 Å². The van der Waals surface area contributed by atoms with Crippen molar-refractivity contribution >= 4 is 5.91 Å². The third-order valence-corrected chi connectivity index (χ3v) is 2.78. The number of nitrogens with zero attached hydrogens (tertiary/aromatic N) is 3. The number of hydrogen-bond donors (Lipinski definition) is 2. The maximum absolute atomic E-state index is 12.4. The van der Waals surface area contributed by atoms with Crippen molar-refractivity contribution in [2.45, 2.75) is 32.5 Å². The van der Waals surface area contributed by atoms with E-state index < -0.39 is 6.04 Å². The second kappa shape index (κ2) is 6.29. The Morgan fingerprint density at radius 1 is 1.35 bits per heavy atom. The summed E-state index contributed by atoms with van der Waals surface area (Å²) >= 11 is 0. The van der Waals surface area contributed by atoms with Crippen LogP contribution in [-0.2, 0) is 11.4 Å². The van der Waals surface area contributed by atoms with E-state index in [9.17, 15) is 4.79 Å². The van der Waals surface area contributed by atoms with Crippen LogP contribution in [0.15, 0.2) is 36.5 Å². The third-order valence-electron chi connectivity index (χ3n) is 2.78. The average molecular weight is 274 g/mol. The molecule has 0 saturated carbocycles. The molecule has 1 amide bonds. The molecule has 1 atom stereocenters. The molecule has 106 valence electrons. The number of nitrogens with one attached hydrogen (secondary N) is 1. The van der Waals surface area contributed by atoms with Gasteiger partial charge >= 0.3 is 0 Å². The molecular formula is C14H18N4O2. The van der Waals surface area contributed by atoms with Crippen molar-refractivity contribution in [3.63, 3.8) is 0 Å². The van der Waals surface area contributed by atoms with Gasteiger partial charge in [-0.05, 0) is 19.4 Å². The Bertz CT molecular complexity index is 566. The maximum atomic E-state index is 12.4. The van der Waals surface area contributed by atoms with Crippen LogP contribution in [0, 0.1) is 0 Å². The lowest BCUT2D eigenvalue weighted by molar-refractivity contribution is -0.124. The second-order valence-corrected chi connectivity index (χ2v) is 4.82. The summed E-state index contributed by atoms with van der Waals surface area (Å²) in [5, 5.41) is 19.7. The van der Waals surface area contributed by atoms with Crippen molar-refractivity contribution in [1.29, 1.82) is 0 Å². The van der Waals surface area contributed by atoms with E-state index in [1.54, 1.807) is 6.20 Å². The quantitative estimate of drug-likeness (QED) is 0.848. The molecule has 1 unspecified atom stereocenters. The van der Waals surface area contributed by atoms with Crippen molar-refractivity contribution in [2.24, 2.45) is 0 Å². The van der Waals surface area contributed by atoms with Crippen LogP contribution in [0.4, 0.5) is 0 Å². The lowest BCUT2D eigenvalue weighted by Crippen LogP contribution is -2.37. The van der Waals surface area contributed by atoms with Crippen LogP contribution in [0.3, 0.4) is 0 Å². The summed E-state index contributed by atoms with van der Waals surface area (Å²) in [6.07, 6.45) is 1.58. The molecule has 0 saturated heterocycles. The molecule has 2 rings (SSSR count). The van der Waals surface area contributed by atoms with Crippen LogP contribution in [0.2, 0.25) is 0 Å². The summed E-state index contributed by atoms with van der Waals surface area (Å²) in [7, 11) is 0. The van der Waals surface area contributed by atoms with E-state index in [2.05, 4.69) is 15.6 Å². The normalized spacial score (nSPS) is 12.4. The van der Waals surface area contributed by atoms with E-state index in [4.69, 9.17) is 5.11 Å². The number of amides is 1. The molecule has 0 aliphatic carbocycles. The molecule has 0 fully saturated rings. The summed E-state index contributed by atoms with van der Waals surface area (Å²) in [6.45, 7) is 3.61. The van der Waals surface area contributed by atoms with Crippen molar-refractivity contribution < 1.29 is 9.90 Å². The molecule has 2 N–H and O–H groups in total. The standard InChI is InChI=1S/C14H18N4O2/c1-10(2)15-14(20)13(11-6-4-3-5-7-11)18-8-12(9-19)16-17-18/h3-8,10,13,19H,9H2,1-2H3,(H,15,20). The lowest BCUT2D eigenvalue weighted by Gasteiger charge is -2.18. The molecule has 0 radical (unpaired) electrons. The van der Waals surface area contributed by atoms with E-state index in [0.717, 1.165) is 5.56 Å². The fourth-order valence-electron chi connectivity index (χ4n) is 1.94. The van der Waals surface area contributed by atoms with Crippen molar-refractivity contribution in [1.82, 2.24) is 20.3 Å². The number of hydrogen-bond acceptors (Lipinski definition) is 4. The Hall–Kier alpha value is -2.21.